The molecule has 1 aromatic heterocycles. The van der Waals surface area contributed by atoms with Gasteiger partial charge in [-0.15, -0.1) is 0 Å². The van der Waals surface area contributed by atoms with Gasteiger partial charge in [-0.3, -0.25) is 4.72 Å². The standard InChI is InChI=1S/C19H30N4O4S/c1-27-19(24)14-12-17(22-28(2,25)26)18(20-13-14)23-10-8-16(9-11-23)21-15-6-4-3-5-7-15/h12-13,15-16,21-22H,3-11H2,1-2H3. The van der Waals surface area contributed by atoms with Crippen LogP contribution >= 0.6 is 0 Å². The molecule has 28 heavy (non-hydrogen) atoms. The molecule has 0 aromatic carbocycles. The number of rotatable bonds is 6. The lowest BCUT2D eigenvalue weighted by atomic mass is 9.93. The van der Waals surface area contributed by atoms with Crippen LogP contribution in [0.15, 0.2) is 12.3 Å². The first kappa shape index (κ1) is 20.9. The van der Waals surface area contributed by atoms with Gasteiger partial charge in [-0.2, -0.15) is 0 Å². The number of pyridine rings is 1. The largest absolute Gasteiger partial charge is 0.465 e. The average molecular weight is 411 g/mol. The summed E-state index contributed by atoms with van der Waals surface area (Å²) < 4.78 is 30.8. The first-order valence-corrected chi connectivity index (χ1v) is 11.8. The molecule has 1 aromatic rings. The highest BCUT2D eigenvalue weighted by atomic mass is 32.2. The maximum Gasteiger partial charge on any atom is 0.339 e. The number of anilines is 2. The van der Waals surface area contributed by atoms with E-state index < -0.39 is 16.0 Å². The quantitative estimate of drug-likeness (QED) is 0.693. The van der Waals surface area contributed by atoms with Gasteiger partial charge < -0.3 is 15.0 Å². The Balaban J connectivity index is 1.69. The number of piperidine rings is 1. The molecule has 3 rings (SSSR count). The highest BCUT2D eigenvalue weighted by Crippen LogP contribution is 2.29. The molecule has 8 nitrogen and oxygen atoms in total. The van der Waals surface area contributed by atoms with Crippen molar-refractivity contribution in [1.82, 2.24) is 10.3 Å². The molecule has 2 aliphatic rings. The number of hydrogen-bond acceptors (Lipinski definition) is 7. The Labute approximate surface area is 167 Å². The summed E-state index contributed by atoms with van der Waals surface area (Å²) in [6.07, 6.45) is 11.0. The summed E-state index contributed by atoms with van der Waals surface area (Å²) in [4.78, 5) is 18.2. The van der Waals surface area contributed by atoms with Crippen molar-refractivity contribution in [3.63, 3.8) is 0 Å². The molecule has 0 radical (unpaired) electrons. The third-order valence-electron chi connectivity index (χ3n) is 5.45. The van der Waals surface area contributed by atoms with Crippen LogP contribution in [0.5, 0.6) is 0 Å². The molecular weight excluding hydrogens is 380 g/mol. The summed E-state index contributed by atoms with van der Waals surface area (Å²) in [5.74, 6) is 0.000172. The van der Waals surface area contributed by atoms with E-state index in [9.17, 15) is 13.2 Å². The van der Waals surface area contributed by atoms with Crippen LogP contribution in [0.3, 0.4) is 0 Å². The van der Waals surface area contributed by atoms with Crippen molar-refractivity contribution in [3.05, 3.63) is 17.8 Å². The van der Waals surface area contributed by atoms with E-state index in [4.69, 9.17) is 4.74 Å². The summed E-state index contributed by atoms with van der Waals surface area (Å²) in [5, 5.41) is 3.79. The number of ether oxygens (including phenoxy) is 1. The number of carbonyl (C=O) groups is 1. The second kappa shape index (κ2) is 9.09. The van der Waals surface area contributed by atoms with Gasteiger partial charge in [-0.05, 0) is 31.7 Å². The van der Waals surface area contributed by atoms with Crippen molar-refractivity contribution in [2.24, 2.45) is 0 Å². The van der Waals surface area contributed by atoms with E-state index in [0.29, 0.717) is 23.6 Å². The minimum absolute atomic E-state index is 0.214. The zero-order chi connectivity index (χ0) is 20.1. The van der Waals surface area contributed by atoms with E-state index in [0.717, 1.165) is 32.2 Å². The highest BCUT2D eigenvalue weighted by molar-refractivity contribution is 7.92. The van der Waals surface area contributed by atoms with Crippen LogP contribution in [-0.2, 0) is 14.8 Å². The van der Waals surface area contributed by atoms with Gasteiger partial charge in [0.1, 0.15) is 0 Å². The zero-order valence-electron chi connectivity index (χ0n) is 16.6. The lowest BCUT2D eigenvalue weighted by Crippen LogP contribution is -2.47. The first-order valence-electron chi connectivity index (χ1n) is 9.93. The lowest BCUT2D eigenvalue weighted by molar-refractivity contribution is 0.0600. The number of nitrogens with one attached hydrogen (secondary N) is 2. The van der Waals surface area contributed by atoms with Crippen LogP contribution in [0.1, 0.15) is 55.3 Å². The number of aromatic nitrogens is 1. The summed E-state index contributed by atoms with van der Waals surface area (Å²) in [7, 11) is -2.22. The van der Waals surface area contributed by atoms with Crippen LogP contribution in [0.25, 0.3) is 0 Å². The lowest BCUT2D eigenvalue weighted by Gasteiger charge is -2.36. The number of esters is 1. The molecule has 0 bridgehead atoms. The number of carbonyl (C=O) groups excluding carboxylic acids is 1. The maximum atomic E-state index is 11.8. The third kappa shape index (κ3) is 5.57. The molecule has 0 spiro atoms. The van der Waals surface area contributed by atoms with Gasteiger partial charge in [0.05, 0.1) is 24.6 Å². The van der Waals surface area contributed by atoms with Crippen molar-refractivity contribution >= 4 is 27.5 Å². The van der Waals surface area contributed by atoms with Gasteiger partial charge in [0.2, 0.25) is 10.0 Å². The van der Waals surface area contributed by atoms with E-state index in [1.165, 1.54) is 51.5 Å². The molecule has 0 atom stereocenters. The predicted octanol–water partition coefficient (Wildman–Crippen LogP) is 2.13. The minimum Gasteiger partial charge on any atom is -0.465 e. The summed E-state index contributed by atoms with van der Waals surface area (Å²) in [5.41, 5.74) is 0.523. The van der Waals surface area contributed by atoms with Gasteiger partial charge in [0.15, 0.2) is 5.82 Å². The molecule has 2 fully saturated rings. The summed E-state index contributed by atoms with van der Waals surface area (Å²) in [6.45, 7) is 1.57. The Kier molecular flexibility index (Phi) is 6.77. The number of methoxy groups -OCH3 is 1. The van der Waals surface area contributed by atoms with Gasteiger partial charge in [0, 0.05) is 31.4 Å². The molecule has 1 saturated heterocycles. The number of sulfonamides is 1. The molecule has 2 N–H and O–H groups in total. The van der Waals surface area contributed by atoms with Crippen LogP contribution < -0.4 is 14.9 Å². The average Bonchev–Trinajstić information content (AvgIpc) is 2.67. The normalized spacial score (nSPS) is 19.4. The first-order chi connectivity index (χ1) is 13.4. The van der Waals surface area contributed by atoms with Gasteiger partial charge >= 0.3 is 5.97 Å². The van der Waals surface area contributed by atoms with Crippen LogP contribution in [0.2, 0.25) is 0 Å². The SMILES string of the molecule is COC(=O)c1cnc(N2CCC(NC3CCCCC3)CC2)c(NS(C)(=O)=O)c1. The topological polar surface area (TPSA) is 101 Å². The molecule has 2 heterocycles. The van der Waals surface area contributed by atoms with E-state index in [1.807, 2.05) is 0 Å². The third-order valence-corrected chi connectivity index (χ3v) is 6.04. The zero-order valence-corrected chi connectivity index (χ0v) is 17.4. The minimum atomic E-state index is -3.50. The molecule has 1 aliphatic carbocycles. The van der Waals surface area contributed by atoms with E-state index in [1.54, 1.807) is 0 Å². The molecule has 156 valence electrons. The Bertz CT molecular complexity index is 785. The second-order valence-electron chi connectivity index (χ2n) is 7.72. The second-order valence-corrected chi connectivity index (χ2v) is 9.47. The van der Waals surface area contributed by atoms with Gasteiger partial charge in [0.25, 0.3) is 0 Å². The molecular formula is C19H30N4O4S. The monoisotopic (exact) mass is 410 g/mol. The van der Waals surface area contributed by atoms with Crippen molar-refractivity contribution < 1.29 is 17.9 Å². The van der Waals surface area contributed by atoms with Crippen molar-refractivity contribution in [3.8, 4) is 0 Å². The highest BCUT2D eigenvalue weighted by Gasteiger charge is 2.26. The maximum absolute atomic E-state index is 11.8. The Hall–Kier alpha value is -1.87. The van der Waals surface area contributed by atoms with Crippen molar-refractivity contribution in [1.29, 1.82) is 0 Å². The number of nitrogens with zero attached hydrogens (tertiary/aromatic N) is 2. The molecule has 1 aliphatic heterocycles. The summed E-state index contributed by atoms with van der Waals surface area (Å²) in [6, 6.07) is 2.60. The van der Waals surface area contributed by atoms with Crippen molar-refractivity contribution in [2.75, 3.05) is 36.1 Å². The van der Waals surface area contributed by atoms with E-state index >= 15 is 0 Å². The van der Waals surface area contributed by atoms with Crippen LogP contribution in [0.4, 0.5) is 11.5 Å². The Morgan fingerprint density at radius 2 is 1.79 bits per heavy atom. The Morgan fingerprint density at radius 3 is 2.39 bits per heavy atom. The summed E-state index contributed by atoms with van der Waals surface area (Å²) >= 11 is 0. The Morgan fingerprint density at radius 1 is 1.14 bits per heavy atom. The fourth-order valence-electron chi connectivity index (χ4n) is 4.07. The van der Waals surface area contributed by atoms with E-state index in [-0.39, 0.29) is 5.56 Å². The van der Waals surface area contributed by atoms with Gasteiger partial charge in [-0.25, -0.2) is 18.2 Å². The fourth-order valence-corrected chi connectivity index (χ4v) is 4.62. The number of hydrogen-bond donors (Lipinski definition) is 2. The molecule has 0 amide bonds. The van der Waals surface area contributed by atoms with Gasteiger partial charge in [-0.1, -0.05) is 19.3 Å². The predicted molar refractivity (Wildman–Crippen MR) is 109 cm³/mol. The van der Waals surface area contributed by atoms with E-state index in [2.05, 4.69) is 19.9 Å². The van der Waals surface area contributed by atoms with Crippen molar-refractivity contribution in [2.45, 2.75) is 57.0 Å². The smallest absolute Gasteiger partial charge is 0.339 e. The van der Waals surface area contributed by atoms with Crippen LogP contribution in [-0.4, -0.2) is 57.9 Å². The molecule has 0 unspecified atom stereocenters. The fraction of sp³-hybridized carbons (Fsp3) is 0.684. The molecule has 1 saturated carbocycles. The molecule has 9 heteroatoms. The van der Waals surface area contributed by atoms with Crippen LogP contribution in [0, 0.1) is 0 Å².